The molecule has 16 aromatic rings. The monoisotopic (exact) mass is 1750 g/mol. The molecule has 20 nitrogen and oxygen atoms in total. The van der Waals surface area contributed by atoms with Crippen LogP contribution in [0.2, 0.25) is 5.02 Å². The second-order valence-corrected chi connectivity index (χ2v) is 33.9. The largest absolute Gasteiger partial charge is 0.457 e. The van der Waals surface area contributed by atoms with Crippen molar-refractivity contribution in [3.8, 4) is 34.5 Å². The van der Waals surface area contributed by atoms with Gasteiger partial charge in [0.2, 0.25) is 23.8 Å². The number of anilines is 8. The third-order valence-corrected chi connectivity index (χ3v) is 24.7. The predicted molar refractivity (Wildman–Crippen MR) is 525 cm³/mol. The quantitative estimate of drug-likeness (QED) is 0.0196. The maximum Gasteiger partial charge on any atom is 0.225 e. The van der Waals surface area contributed by atoms with Crippen LogP contribution < -0.4 is 56.7 Å². The molecule has 0 unspecified atom stereocenters. The predicted octanol–water partition coefficient (Wildman–Crippen LogP) is 26.8. The molecule has 0 bridgehead atoms. The zero-order valence-corrected chi connectivity index (χ0v) is 74.4. The molecule has 4 heterocycles. The van der Waals surface area contributed by atoms with Crippen molar-refractivity contribution in [1.29, 1.82) is 0 Å². The highest BCUT2D eigenvalue weighted by Gasteiger charge is 2.23. The van der Waals surface area contributed by atoms with Crippen LogP contribution in [0.15, 0.2) is 301 Å². The minimum absolute atomic E-state index is 0.0286. The molecular weight excluding hydrogens is 1650 g/mol. The number of hydrogen-bond acceptors (Lipinski definition) is 21. The van der Waals surface area contributed by atoms with Gasteiger partial charge in [0.25, 0.3) is 0 Å². The molecule has 19 rings (SSSR count). The number of benzene rings is 12. The molecule has 9 N–H and O–H groups in total. The number of aliphatic hydroxyl groups excluding tert-OH is 1. The summed E-state index contributed by atoms with van der Waals surface area (Å²) in [6.07, 6.45) is 16.9. The highest BCUT2D eigenvalue weighted by molar-refractivity contribution is 7.99. The van der Waals surface area contributed by atoms with Crippen LogP contribution in [0.5, 0.6) is 34.5 Å². The first kappa shape index (κ1) is 88.8. The summed E-state index contributed by atoms with van der Waals surface area (Å²) in [6, 6.07) is 95.9. The van der Waals surface area contributed by atoms with E-state index in [1.165, 1.54) is 94.7 Å². The Morgan fingerprint density at radius 2 is 0.736 bits per heavy atom. The SMILES string of the molecule is CCC(CC)Nc1nc(NCc2ccccc2Sc2ccccc2CO)nc2ccccc12.Cc1ccc(Oc2ccccc2CNc2nc(NC3CCCC3)c3ccccc3n2)cc1.Clc1cccc(Oc2ccccc2)c1CNc1nc(NC2CCCC2)c2ccccc2n1.Fc1ccc(Oc2ccc(CNc3nc(NC4CCCC4)c4ccccc4n3)cc2)cc1. The minimum Gasteiger partial charge on any atom is -0.457 e. The van der Waals surface area contributed by atoms with E-state index >= 15 is 0 Å². The van der Waals surface area contributed by atoms with Gasteiger partial charge in [-0.15, -0.1) is 0 Å². The summed E-state index contributed by atoms with van der Waals surface area (Å²) in [5.74, 6) is 10.1. The van der Waals surface area contributed by atoms with Gasteiger partial charge < -0.3 is 61.9 Å². The van der Waals surface area contributed by atoms with E-state index in [-0.39, 0.29) is 12.4 Å². The number of aryl methyl sites for hydroxylation is 1. The molecule has 3 aliphatic carbocycles. The van der Waals surface area contributed by atoms with Gasteiger partial charge in [0.1, 0.15) is 63.6 Å². The molecule has 0 aliphatic heterocycles. The minimum atomic E-state index is -0.281. The Morgan fingerprint density at radius 1 is 0.364 bits per heavy atom. The average Bonchev–Trinajstić information content (AvgIpc) is 1.75. The number of nitrogens with one attached hydrogen (secondary N) is 8. The topological polar surface area (TPSA) is 247 Å². The molecular formula is C106H108ClFN16O4S. The number of rotatable bonds is 31. The number of fused-ring (bicyclic) bond motifs is 4. The fourth-order valence-electron chi connectivity index (χ4n) is 16.1. The molecule has 12 aromatic carbocycles. The van der Waals surface area contributed by atoms with E-state index in [0.717, 1.165) is 135 Å². The molecule has 4 aromatic heterocycles. The van der Waals surface area contributed by atoms with E-state index in [9.17, 15) is 9.50 Å². The van der Waals surface area contributed by atoms with E-state index in [1.807, 2.05) is 212 Å². The van der Waals surface area contributed by atoms with Crippen LogP contribution >= 0.6 is 23.4 Å². The van der Waals surface area contributed by atoms with Gasteiger partial charge in [0, 0.05) is 97.8 Å². The van der Waals surface area contributed by atoms with Crippen LogP contribution in [-0.2, 0) is 32.8 Å². The first-order valence-corrected chi connectivity index (χ1v) is 46.0. The van der Waals surface area contributed by atoms with Crippen molar-refractivity contribution in [2.24, 2.45) is 0 Å². The molecule has 129 heavy (non-hydrogen) atoms. The summed E-state index contributed by atoms with van der Waals surface area (Å²) >= 11 is 8.20. The molecule has 3 saturated carbocycles. The molecule has 0 atom stereocenters. The number of aliphatic hydroxyl groups is 1. The molecule has 0 saturated heterocycles. The first-order valence-electron chi connectivity index (χ1n) is 44.8. The zero-order chi connectivity index (χ0) is 88.3. The van der Waals surface area contributed by atoms with Crippen molar-refractivity contribution in [2.75, 3.05) is 42.5 Å². The summed E-state index contributed by atoms with van der Waals surface area (Å²) in [6.45, 7) is 8.69. The number of hydrogen-bond donors (Lipinski definition) is 9. The van der Waals surface area contributed by atoms with Crippen LogP contribution in [0.4, 0.5) is 51.5 Å². The van der Waals surface area contributed by atoms with Gasteiger partial charge in [-0.25, -0.2) is 24.3 Å². The zero-order valence-electron chi connectivity index (χ0n) is 72.9. The lowest BCUT2D eigenvalue weighted by atomic mass is 10.1. The van der Waals surface area contributed by atoms with Gasteiger partial charge in [0.15, 0.2) is 0 Å². The van der Waals surface area contributed by atoms with Crippen molar-refractivity contribution in [3.05, 3.63) is 335 Å². The third-order valence-electron chi connectivity index (χ3n) is 23.2. The Bertz CT molecular complexity index is 6350. The van der Waals surface area contributed by atoms with Crippen molar-refractivity contribution in [2.45, 2.75) is 177 Å². The normalized spacial score (nSPS) is 13.2. The van der Waals surface area contributed by atoms with Gasteiger partial charge in [-0.1, -0.05) is 233 Å². The molecule has 0 radical (unpaired) electrons. The molecule has 0 spiro atoms. The fourth-order valence-corrected chi connectivity index (χ4v) is 17.4. The summed E-state index contributed by atoms with van der Waals surface area (Å²) in [4.78, 5) is 40.3. The van der Waals surface area contributed by atoms with E-state index in [0.29, 0.717) is 96.4 Å². The average molecular weight is 1760 g/mol. The summed E-state index contributed by atoms with van der Waals surface area (Å²) < 4.78 is 31.0. The number of ether oxygens (including phenoxy) is 3. The van der Waals surface area contributed by atoms with E-state index in [1.54, 1.807) is 23.9 Å². The van der Waals surface area contributed by atoms with Crippen LogP contribution in [0.3, 0.4) is 0 Å². The lowest BCUT2D eigenvalue weighted by Gasteiger charge is -2.18. The summed E-state index contributed by atoms with van der Waals surface area (Å²) in [5.41, 5.74) is 9.98. The highest BCUT2D eigenvalue weighted by atomic mass is 35.5. The van der Waals surface area contributed by atoms with Gasteiger partial charge in [-0.05, 0) is 215 Å². The van der Waals surface area contributed by atoms with Gasteiger partial charge in [-0.3, -0.25) is 0 Å². The third kappa shape index (κ3) is 24.6. The Labute approximate surface area is 762 Å². The first-order chi connectivity index (χ1) is 63.4. The highest BCUT2D eigenvalue weighted by Crippen LogP contribution is 2.38. The van der Waals surface area contributed by atoms with Gasteiger partial charge in [-0.2, -0.15) is 19.9 Å². The fraction of sp³-hybridized carbons (Fsp3) is 0.245. The van der Waals surface area contributed by atoms with Gasteiger partial charge >= 0.3 is 0 Å². The summed E-state index contributed by atoms with van der Waals surface area (Å²) in [7, 11) is 0. The van der Waals surface area contributed by atoms with Gasteiger partial charge in [0.05, 0.1) is 28.7 Å². The number of halogens is 2. The van der Waals surface area contributed by atoms with Crippen molar-refractivity contribution in [3.63, 3.8) is 0 Å². The second kappa shape index (κ2) is 44.7. The number of para-hydroxylation sites is 6. The Balaban J connectivity index is 0.000000126. The summed E-state index contributed by atoms with van der Waals surface area (Å²) in [5, 5.41) is 42.6. The van der Waals surface area contributed by atoms with Crippen molar-refractivity contribution in [1.82, 2.24) is 39.9 Å². The molecule has 656 valence electrons. The van der Waals surface area contributed by atoms with E-state index < -0.39 is 0 Å². The lowest BCUT2D eigenvalue weighted by Crippen LogP contribution is -2.19. The van der Waals surface area contributed by atoms with Crippen LogP contribution in [0, 0.1) is 12.7 Å². The van der Waals surface area contributed by atoms with Crippen molar-refractivity contribution >= 4 is 114 Å². The van der Waals surface area contributed by atoms with Crippen LogP contribution in [0.25, 0.3) is 43.6 Å². The number of aromatic nitrogens is 8. The van der Waals surface area contributed by atoms with Crippen molar-refractivity contribution < 1.29 is 23.7 Å². The maximum atomic E-state index is 13.0. The van der Waals surface area contributed by atoms with Crippen LogP contribution in [-0.4, -0.2) is 69.1 Å². The Hall–Kier alpha value is -13.7. The van der Waals surface area contributed by atoms with E-state index in [2.05, 4.69) is 123 Å². The number of nitrogens with zero attached hydrogens (tertiary/aromatic N) is 8. The van der Waals surface area contributed by atoms with E-state index in [4.69, 9.17) is 60.7 Å². The van der Waals surface area contributed by atoms with Crippen LogP contribution in [0.1, 0.15) is 137 Å². The smallest absolute Gasteiger partial charge is 0.225 e. The molecule has 23 heteroatoms. The molecule has 3 fully saturated rings. The maximum absolute atomic E-state index is 13.0. The molecule has 0 amide bonds. The standard InChI is InChI=1S/C27H30N4OS.C27H28N4O.C26H25ClN4O.C26H25FN4O/c1-3-21(4-2)29-26-22-13-7-8-14-23(22)30-27(31-26)28-17-19-11-5-9-15-24(19)33-25-16-10-6-12-20(25)18-32;1-19-14-16-22(17-15-19)32-25-13-7-2-8-20(25)18-28-27-30-24-12-6-5-11-23(24)26(31-27)29-21-9-3-4-10-21;27-22-14-8-16-24(32-19-11-2-1-3-12-19)21(22)17-28-26-30-23-15-7-6-13-20(23)25(31-26)29-18-9-4-5-10-18;27-19-11-15-22(16-12-19)32-21-13-9-18(10-14-21)17-28-26-30-24-8-4-3-7-23(24)25(31-26)29-20-5-1-2-6-20/h5-16,21,32H,3-4,17-18H2,1-2H3,(H2,28,29,30,31);2,5-8,11-17,21H,3-4,9-10,18H2,1H3,(H2,28,29,30,31);1-3,6-8,11-16,18H,4-5,9-10,17H2,(H2,28,29,30,31);3-4,7-16,20H,1-2,5-6,17H2,(H2,28,29,30,31). The Morgan fingerprint density at radius 3 is 1.24 bits per heavy atom. The molecule has 3 aliphatic rings. The Kier molecular flexibility index (Phi) is 30.7. The second-order valence-electron chi connectivity index (χ2n) is 32.4. The lowest BCUT2D eigenvalue weighted by molar-refractivity contribution is 0.279.